The predicted octanol–water partition coefficient (Wildman–Crippen LogP) is 4.24. The molecule has 0 saturated heterocycles. The first kappa shape index (κ1) is 20.3. The Morgan fingerprint density at radius 2 is 1.50 bits per heavy atom. The fraction of sp³-hybridized carbons (Fsp3) is 0.611. The van der Waals surface area contributed by atoms with E-state index in [-0.39, 0.29) is 18.0 Å². The lowest BCUT2D eigenvalue weighted by Gasteiger charge is -1.96. The summed E-state index contributed by atoms with van der Waals surface area (Å²) in [6.07, 6.45) is 14.1. The van der Waals surface area contributed by atoms with Gasteiger partial charge in [0.05, 0.1) is 0 Å². The maximum absolute atomic E-state index is 11.5. The fourth-order valence-electron chi connectivity index (χ4n) is 1.95. The molecule has 0 aliphatic carbocycles. The van der Waals surface area contributed by atoms with E-state index in [1.165, 1.54) is 18.2 Å². The van der Waals surface area contributed by atoms with Gasteiger partial charge in [0.15, 0.2) is 11.6 Å². The molecular weight excluding hydrogens is 280 g/mol. The van der Waals surface area contributed by atoms with E-state index in [1.807, 2.05) is 6.08 Å². The molecule has 0 saturated carbocycles. The summed E-state index contributed by atoms with van der Waals surface area (Å²) in [5.74, 6) is -0.898. The lowest BCUT2D eigenvalue weighted by molar-refractivity contribution is -0.137. The summed E-state index contributed by atoms with van der Waals surface area (Å²) >= 11 is 0. The SMILES string of the molecule is CCCCCC(=O)/C=C/C(=O)/C=C/CCCCCCC(=O)O. The molecule has 0 heterocycles. The predicted molar refractivity (Wildman–Crippen MR) is 87.8 cm³/mol. The van der Waals surface area contributed by atoms with E-state index < -0.39 is 5.97 Å². The van der Waals surface area contributed by atoms with Crippen LogP contribution in [0, 0.1) is 0 Å². The highest BCUT2D eigenvalue weighted by Crippen LogP contribution is 2.06. The highest BCUT2D eigenvalue weighted by molar-refractivity contribution is 6.03. The largest absolute Gasteiger partial charge is 0.481 e. The summed E-state index contributed by atoms with van der Waals surface area (Å²) in [6.45, 7) is 2.08. The van der Waals surface area contributed by atoms with Crippen molar-refractivity contribution in [2.45, 2.75) is 71.1 Å². The number of rotatable bonds is 14. The van der Waals surface area contributed by atoms with Crippen molar-refractivity contribution in [3.8, 4) is 0 Å². The number of carbonyl (C=O) groups is 3. The van der Waals surface area contributed by atoms with Gasteiger partial charge in [0.2, 0.25) is 0 Å². The van der Waals surface area contributed by atoms with E-state index in [9.17, 15) is 14.4 Å². The molecule has 1 N–H and O–H groups in total. The minimum absolute atomic E-state index is 0.00799. The third-order valence-electron chi connectivity index (χ3n) is 3.25. The molecule has 0 unspecified atom stereocenters. The van der Waals surface area contributed by atoms with Crippen LogP contribution in [0.1, 0.15) is 71.1 Å². The van der Waals surface area contributed by atoms with Gasteiger partial charge < -0.3 is 5.11 Å². The van der Waals surface area contributed by atoms with Crippen LogP contribution in [0.2, 0.25) is 0 Å². The molecule has 0 fully saturated rings. The molecule has 0 radical (unpaired) electrons. The summed E-state index contributed by atoms with van der Waals surface area (Å²) in [5.41, 5.74) is 0. The standard InChI is InChI=1S/C18H28O4/c1-2-3-8-11-16(19)14-15-17(20)12-9-6-4-5-7-10-13-18(21)22/h9,12,14-15H,2-8,10-11,13H2,1H3,(H,21,22)/b12-9+,15-14+. The van der Waals surface area contributed by atoms with Crippen LogP contribution in [0.15, 0.2) is 24.3 Å². The summed E-state index contributed by atoms with van der Waals surface area (Å²) in [6, 6.07) is 0. The molecule has 124 valence electrons. The minimum Gasteiger partial charge on any atom is -0.481 e. The van der Waals surface area contributed by atoms with Gasteiger partial charge in [-0.1, -0.05) is 38.7 Å². The van der Waals surface area contributed by atoms with Crippen LogP contribution in [-0.4, -0.2) is 22.6 Å². The van der Waals surface area contributed by atoms with Crippen molar-refractivity contribution in [2.24, 2.45) is 0 Å². The van der Waals surface area contributed by atoms with Crippen molar-refractivity contribution in [1.29, 1.82) is 0 Å². The highest BCUT2D eigenvalue weighted by atomic mass is 16.4. The van der Waals surface area contributed by atoms with Crippen molar-refractivity contribution >= 4 is 17.5 Å². The fourth-order valence-corrected chi connectivity index (χ4v) is 1.95. The summed E-state index contributed by atoms with van der Waals surface area (Å²) in [4.78, 5) is 33.3. The van der Waals surface area contributed by atoms with Crippen molar-refractivity contribution in [2.75, 3.05) is 0 Å². The zero-order valence-electron chi connectivity index (χ0n) is 13.6. The van der Waals surface area contributed by atoms with Gasteiger partial charge in [-0.05, 0) is 43.9 Å². The quantitative estimate of drug-likeness (QED) is 0.385. The number of hydrogen-bond acceptors (Lipinski definition) is 3. The molecule has 4 nitrogen and oxygen atoms in total. The van der Waals surface area contributed by atoms with Crippen molar-refractivity contribution < 1.29 is 19.5 Å². The van der Waals surface area contributed by atoms with E-state index in [0.29, 0.717) is 12.8 Å². The second kappa shape index (κ2) is 14.2. The van der Waals surface area contributed by atoms with Crippen LogP contribution < -0.4 is 0 Å². The Hall–Kier alpha value is -1.71. The van der Waals surface area contributed by atoms with Crippen LogP contribution in [0.3, 0.4) is 0 Å². The normalized spacial score (nSPS) is 11.3. The zero-order chi connectivity index (χ0) is 16.6. The monoisotopic (exact) mass is 308 g/mol. The van der Waals surface area contributed by atoms with E-state index in [0.717, 1.165) is 44.9 Å². The van der Waals surface area contributed by atoms with E-state index >= 15 is 0 Å². The highest BCUT2D eigenvalue weighted by Gasteiger charge is 1.98. The molecule has 0 spiro atoms. The molecule has 0 aromatic heterocycles. The molecule has 0 aliphatic heterocycles. The van der Waals surface area contributed by atoms with Crippen LogP contribution in [0.25, 0.3) is 0 Å². The first-order valence-corrected chi connectivity index (χ1v) is 8.19. The lowest BCUT2D eigenvalue weighted by atomic mass is 10.1. The van der Waals surface area contributed by atoms with E-state index in [4.69, 9.17) is 5.11 Å². The molecule has 4 heteroatoms. The number of aliphatic carboxylic acids is 1. The van der Waals surface area contributed by atoms with Crippen molar-refractivity contribution in [3.05, 3.63) is 24.3 Å². The summed E-state index contributed by atoms with van der Waals surface area (Å²) < 4.78 is 0. The first-order valence-electron chi connectivity index (χ1n) is 8.19. The summed E-state index contributed by atoms with van der Waals surface area (Å²) in [5, 5.41) is 8.49. The molecule has 22 heavy (non-hydrogen) atoms. The molecule has 0 atom stereocenters. The Morgan fingerprint density at radius 3 is 2.18 bits per heavy atom. The van der Waals surface area contributed by atoms with Crippen LogP contribution in [-0.2, 0) is 14.4 Å². The molecular formula is C18H28O4. The molecule has 0 bridgehead atoms. The number of hydrogen-bond donors (Lipinski definition) is 1. The molecule has 0 aromatic rings. The lowest BCUT2D eigenvalue weighted by Crippen LogP contribution is -1.94. The number of unbranched alkanes of at least 4 members (excludes halogenated alkanes) is 6. The summed E-state index contributed by atoms with van der Waals surface area (Å²) in [7, 11) is 0. The second-order valence-corrected chi connectivity index (χ2v) is 5.41. The van der Waals surface area contributed by atoms with Gasteiger partial charge in [-0.15, -0.1) is 0 Å². The van der Waals surface area contributed by atoms with Gasteiger partial charge in [0.1, 0.15) is 0 Å². The molecule has 0 aromatic carbocycles. The van der Waals surface area contributed by atoms with Crippen molar-refractivity contribution in [1.82, 2.24) is 0 Å². The van der Waals surface area contributed by atoms with Crippen molar-refractivity contribution in [3.63, 3.8) is 0 Å². The number of carboxylic acids is 1. The van der Waals surface area contributed by atoms with E-state index in [1.54, 1.807) is 0 Å². The topological polar surface area (TPSA) is 71.4 Å². The average molecular weight is 308 g/mol. The third kappa shape index (κ3) is 14.7. The molecule has 0 amide bonds. The number of carbonyl (C=O) groups excluding carboxylic acids is 2. The van der Waals surface area contributed by atoms with Gasteiger partial charge in [-0.25, -0.2) is 0 Å². The Morgan fingerprint density at radius 1 is 0.818 bits per heavy atom. The maximum atomic E-state index is 11.5. The molecule has 0 rings (SSSR count). The van der Waals surface area contributed by atoms with Crippen LogP contribution >= 0.6 is 0 Å². The molecule has 0 aliphatic rings. The Labute approximate surface area is 133 Å². The Kier molecular flexibility index (Phi) is 13.1. The number of ketones is 2. The van der Waals surface area contributed by atoms with Gasteiger partial charge in [-0.3, -0.25) is 14.4 Å². The Balaban J connectivity index is 3.65. The van der Waals surface area contributed by atoms with Gasteiger partial charge in [0.25, 0.3) is 0 Å². The van der Waals surface area contributed by atoms with Gasteiger partial charge in [-0.2, -0.15) is 0 Å². The first-order chi connectivity index (χ1) is 10.6. The van der Waals surface area contributed by atoms with Gasteiger partial charge in [0, 0.05) is 12.8 Å². The number of allylic oxidation sites excluding steroid dienone is 4. The average Bonchev–Trinajstić information content (AvgIpc) is 2.47. The Bertz CT molecular complexity index is 394. The van der Waals surface area contributed by atoms with E-state index in [2.05, 4.69) is 6.92 Å². The third-order valence-corrected chi connectivity index (χ3v) is 3.25. The zero-order valence-corrected chi connectivity index (χ0v) is 13.6. The minimum atomic E-state index is -0.749. The van der Waals surface area contributed by atoms with Gasteiger partial charge >= 0.3 is 5.97 Å². The van der Waals surface area contributed by atoms with Crippen LogP contribution in [0.4, 0.5) is 0 Å². The second-order valence-electron chi connectivity index (χ2n) is 5.41. The van der Waals surface area contributed by atoms with Crippen LogP contribution in [0.5, 0.6) is 0 Å². The number of carboxylic acid groups (broad SMARTS) is 1. The maximum Gasteiger partial charge on any atom is 0.303 e. The smallest absolute Gasteiger partial charge is 0.303 e.